The third-order valence-electron chi connectivity index (χ3n) is 3.44. The largest absolute Gasteiger partial charge is 0.361 e. The molecule has 1 aromatic heterocycles. The summed E-state index contributed by atoms with van der Waals surface area (Å²) < 4.78 is 0. The molecular weight excluding hydrogens is 354 g/mol. The molecule has 0 aliphatic carbocycles. The van der Waals surface area contributed by atoms with Crippen LogP contribution in [-0.2, 0) is 6.42 Å². The van der Waals surface area contributed by atoms with E-state index in [1.807, 2.05) is 48.5 Å². The summed E-state index contributed by atoms with van der Waals surface area (Å²) in [7, 11) is 0. The van der Waals surface area contributed by atoms with Crippen LogP contribution >= 0.6 is 23.8 Å². The van der Waals surface area contributed by atoms with E-state index in [1.165, 1.54) is 5.56 Å². The van der Waals surface area contributed by atoms with Crippen LogP contribution in [0, 0.1) is 0 Å². The van der Waals surface area contributed by atoms with Crippen molar-refractivity contribution in [2.45, 2.75) is 6.42 Å². The Morgan fingerprint density at radius 1 is 1.12 bits per heavy atom. The number of fused-ring (bicyclic) bond motifs is 1. The zero-order valence-corrected chi connectivity index (χ0v) is 14.9. The quantitative estimate of drug-likeness (QED) is 0.410. The van der Waals surface area contributed by atoms with Gasteiger partial charge in [-0.1, -0.05) is 35.9 Å². The summed E-state index contributed by atoms with van der Waals surface area (Å²) in [6.07, 6.45) is 4.11. The third-order valence-corrected chi connectivity index (χ3v) is 3.93. The molecule has 1 heterocycles. The summed E-state index contributed by atoms with van der Waals surface area (Å²) in [6.45, 7) is 0.707. The van der Waals surface area contributed by atoms with Crippen molar-refractivity contribution in [2.75, 3.05) is 6.54 Å². The number of nitrogens with zero attached hydrogens (tertiary/aromatic N) is 3. The van der Waals surface area contributed by atoms with Crippen molar-refractivity contribution in [3.8, 4) is 0 Å². The van der Waals surface area contributed by atoms with Gasteiger partial charge in [-0.2, -0.15) is 5.10 Å². The molecule has 0 saturated carbocycles. The Labute approximate surface area is 156 Å². The topological polar surface area (TPSA) is 62.2 Å². The summed E-state index contributed by atoms with van der Waals surface area (Å²) >= 11 is 11.1. The summed E-state index contributed by atoms with van der Waals surface area (Å²) in [5, 5.41) is 8.38. The standard InChI is InChI=1S/C18H16ClN5S/c19-14-7-5-13(6-8-14)9-10-20-18(25)24-22-12-15-11-21-16-3-1-2-4-17(16)23-15/h1-8,11-12H,9-10H2,(H2,20,24,25)/b22-12-. The highest BCUT2D eigenvalue weighted by atomic mass is 35.5. The predicted molar refractivity (Wildman–Crippen MR) is 106 cm³/mol. The molecule has 0 amide bonds. The van der Waals surface area contributed by atoms with E-state index < -0.39 is 0 Å². The molecule has 126 valence electrons. The van der Waals surface area contributed by atoms with Crippen LogP contribution in [0.1, 0.15) is 11.3 Å². The molecule has 0 saturated heterocycles. The Morgan fingerprint density at radius 3 is 2.68 bits per heavy atom. The summed E-state index contributed by atoms with van der Waals surface area (Å²) in [5.74, 6) is 0. The lowest BCUT2D eigenvalue weighted by Gasteiger charge is -2.07. The first-order chi connectivity index (χ1) is 12.2. The Kier molecular flexibility index (Phi) is 5.87. The van der Waals surface area contributed by atoms with Crippen LogP contribution in [0.15, 0.2) is 59.8 Å². The maximum Gasteiger partial charge on any atom is 0.186 e. The van der Waals surface area contributed by atoms with E-state index in [2.05, 4.69) is 25.8 Å². The van der Waals surface area contributed by atoms with Gasteiger partial charge in [-0.05, 0) is 48.5 Å². The number of hydrazone groups is 1. The zero-order valence-electron chi connectivity index (χ0n) is 13.3. The molecule has 2 aromatic carbocycles. The highest BCUT2D eigenvalue weighted by molar-refractivity contribution is 7.80. The van der Waals surface area contributed by atoms with Gasteiger partial charge in [-0.25, -0.2) is 4.98 Å². The first-order valence-corrected chi connectivity index (χ1v) is 8.52. The van der Waals surface area contributed by atoms with Crippen LogP contribution in [0.2, 0.25) is 5.02 Å². The molecule has 2 N–H and O–H groups in total. The molecule has 5 nitrogen and oxygen atoms in total. The van der Waals surface area contributed by atoms with Gasteiger partial charge in [-0.15, -0.1) is 0 Å². The average Bonchev–Trinajstić information content (AvgIpc) is 2.63. The van der Waals surface area contributed by atoms with Crippen molar-refractivity contribution in [2.24, 2.45) is 5.10 Å². The number of hydrogen-bond acceptors (Lipinski definition) is 4. The number of nitrogens with one attached hydrogen (secondary N) is 2. The molecule has 3 rings (SSSR count). The fourth-order valence-corrected chi connectivity index (χ4v) is 2.48. The molecular formula is C18H16ClN5S. The molecule has 0 radical (unpaired) electrons. The van der Waals surface area contributed by atoms with Crippen LogP contribution < -0.4 is 10.7 Å². The van der Waals surface area contributed by atoms with Gasteiger partial charge in [0.15, 0.2) is 5.11 Å². The Balaban J connectivity index is 1.46. The highest BCUT2D eigenvalue weighted by Gasteiger charge is 1.98. The minimum Gasteiger partial charge on any atom is -0.361 e. The predicted octanol–water partition coefficient (Wildman–Crippen LogP) is 3.32. The van der Waals surface area contributed by atoms with E-state index in [1.54, 1.807) is 12.4 Å². The minimum atomic E-state index is 0.457. The van der Waals surface area contributed by atoms with Gasteiger partial charge < -0.3 is 5.32 Å². The van der Waals surface area contributed by atoms with Crippen LogP contribution in [-0.4, -0.2) is 27.8 Å². The molecule has 0 atom stereocenters. The van der Waals surface area contributed by atoms with Gasteiger partial charge in [0.2, 0.25) is 0 Å². The second kappa shape index (κ2) is 8.50. The summed E-state index contributed by atoms with van der Waals surface area (Å²) in [4.78, 5) is 8.78. The second-order valence-corrected chi connectivity index (χ2v) is 6.13. The van der Waals surface area contributed by atoms with E-state index in [0.717, 1.165) is 22.5 Å². The van der Waals surface area contributed by atoms with Crippen LogP contribution in [0.25, 0.3) is 11.0 Å². The number of para-hydroxylation sites is 2. The summed E-state index contributed by atoms with van der Waals surface area (Å²) in [5.41, 5.74) is 6.31. The molecule has 7 heteroatoms. The molecule has 0 spiro atoms. The number of benzene rings is 2. The fraction of sp³-hybridized carbons (Fsp3) is 0.111. The highest BCUT2D eigenvalue weighted by Crippen LogP contribution is 2.09. The smallest absolute Gasteiger partial charge is 0.186 e. The van der Waals surface area contributed by atoms with Gasteiger partial charge in [0, 0.05) is 11.6 Å². The lowest BCUT2D eigenvalue weighted by atomic mass is 10.1. The Bertz CT molecular complexity index is 895. The van der Waals surface area contributed by atoms with Crippen molar-refractivity contribution in [1.82, 2.24) is 20.7 Å². The van der Waals surface area contributed by atoms with Gasteiger partial charge in [0.1, 0.15) is 5.69 Å². The van der Waals surface area contributed by atoms with Crippen molar-refractivity contribution >= 4 is 46.2 Å². The van der Waals surface area contributed by atoms with Crippen molar-refractivity contribution < 1.29 is 0 Å². The van der Waals surface area contributed by atoms with Crippen molar-refractivity contribution in [3.63, 3.8) is 0 Å². The number of hydrogen-bond donors (Lipinski definition) is 2. The number of thiocarbonyl (C=S) groups is 1. The van der Waals surface area contributed by atoms with Crippen LogP contribution in [0.3, 0.4) is 0 Å². The monoisotopic (exact) mass is 369 g/mol. The molecule has 0 bridgehead atoms. The maximum atomic E-state index is 5.86. The van der Waals surface area contributed by atoms with Crippen LogP contribution in [0.5, 0.6) is 0 Å². The van der Waals surface area contributed by atoms with E-state index >= 15 is 0 Å². The van der Waals surface area contributed by atoms with Gasteiger partial charge in [0.25, 0.3) is 0 Å². The number of halogens is 1. The SMILES string of the molecule is S=C(NCCc1ccc(Cl)cc1)N/N=C\c1cnc2ccccc2n1. The average molecular weight is 370 g/mol. The Hall–Kier alpha value is -2.57. The normalized spacial score (nSPS) is 10.9. The van der Waals surface area contributed by atoms with Crippen molar-refractivity contribution in [3.05, 3.63) is 71.0 Å². The van der Waals surface area contributed by atoms with Gasteiger partial charge >= 0.3 is 0 Å². The Morgan fingerprint density at radius 2 is 1.88 bits per heavy atom. The van der Waals surface area contributed by atoms with E-state index in [0.29, 0.717) is 17.4 Å². The third kappa shape index (κ3) is 5.20. The molecule has 3 aromatic rings. The molecule has 0 fully saturated rings. The fourth-order valence-electron chi connectivity index (χ4n) is 2.20. The molecule has 0 aliphatic heterocycles. The number of aromatic nitrogens is 2. The minimum absolute atomic E-state index is 0.457. The number of rotatable bonds is 5. The first-order valence-electron chi connectivity index (χ1n) is 7.74. The molecule has 25 heavy (non-hydrogen) atoms. The van der Waals surface area contributed by atoms with Gasteiger partial charge in [0.05, 0.1) is 23.4 Å². The van der Waals surface area contributed by atoms with Crippen LogP contribution in [0.4, 0.5) is 0 Å². The second-order valence-electron chi connectivity index (χ2n) is 5.29. The van der Waals surface area contributed by atoms with Gasteiger partial charge in [-0.3, -0.25) is 10.4 Å². The first kappa shape index (κ1) is 17.3. The maximum absolute atomic E-state index is 5.86. The van der Waals surface area contributed by atoms with E-state index in [9.17, 15) is 0 Å². The lowest BCUT2D eigenvalue weighted by Crippen LogP contribution is -2.33. The van der Waals surface area contributed by atoms with E-state index in [4.69, 9.17) is 23.8 Å². The van der Waals surface area contributed by atoms with E-state index in [-0.39, 0.29) is 0 Å². The molecule has 0 aliphatic rings. The summed E-state index contributed by atoms with van der Waals surface area (Å²) in [6, 6.07) is 15.4. The lowest BCUT2D eigenvalue weighted by molar-refractivity contribution is 0.838. The molecule has 0 unspecified atom stereocenters. The van der Waals surface area contributed by atoms with Crippen molar-refractivity contribution in [1.29, 1.82) is 0 Å². The zero-order chi connectivity index (χ0) is 17.5.